The molecule has 0 saturated heterocycles. The number of rotatable bonds is 6. The van der Waals surface area contributed by atoms with E-state index < -0.39 is 0 Å². The SMILES string of the molecule is CC(C)C(=N)N(C)CCOCC1CC1. The molecule has 0 aromatic heterocycles. The zero-order chi connectivity index (χ0) is 10.6. The molecule has 0 unspecified atom stereocenters. The van der Waals surface area contributed by atoms with Crippen molar-refractivity contribution in [2.24, 2.45) is 11.8 Å². The van der Waals surface area contributed by atoms with Gasteiger partial charge < -0.3 is 9.64 Å². The third kappa shape index (κ3) is 4.09. The van der Waals surface area contributed by atoms with Gasteiger partial charge in [0, 0.05) is 26.1 Å². The van der Waals surface area contributed by atoms with Crippen LogP contribution in [0.25, 0.3) is 0 Å². The minimum absolute atomic E-state index is 0.309. The lowest BCUT2D eigenvalue weighted by Crippen LogP contribution is -2.32. The lowest BCUT2D eigenvalue weighted by atomic mass is 10.2. The average Bonchev–Trinajstić information content (AvgIpc) is 2.94. The first-order valence-corrected chi connectivity index (χ1v) is 5.48. The first-order chi connectivity index (χ1) is 6.61. The van der Waals surface area contributed by atoms with Gasteiger partial charge in [0.25, 0.3) is 0 Å². The Morgan fingerprint density at radius 2 is 2.14 bits per heavy atom. The molecular weight excluding hydrogens is 176 g/mol. The van der Waals surface area contributed by atoms with Crippen molar-refractivity contribution in [1.82, 2.24) is 4.90 Å². The Hall–Kier alpha value is -0.570. The molecule has 1 saturated carbocycles. The predicted octanol–water partition coefficient (Wildman–Crippen LogP) is 1.98. The largest absolute Gasteiger partial charge is 0.379 e. The molecule has 14 heavy (non-hydrogen) atoms. The maximum atomic E-state index is 7.75. The molecule has 1 aliphatic carbocycles. The Labute approximate surface area is 86.9 Å². The van der Waals surface area contributed by atoms with Crippen LogP contribution in [0, 0.1) is 17.2 Å². The number of nitrogens with zero attached hydrogens (tertiary/aromatic N) is 1. The Bertz CT molecular complexity index is 188. The van der Waals surface area contributed by atoms with Gasteiger partial charge in [0.05, 0.1) is 12.4 Å². The number of ether oxygens (including phenoxy) is 1. The van der Waals surface area contributed by atoms with Crippen LogP contribution in [0.3, 0.4) is 0 Å². The minimum atomic E-state index is 0.309. The Morgan fingerprint density at radius 3 is 2.64 bits per heavy atom. The smallest absolute Gasteiger partial charge is 0.0982 e. The van der Waals surface area contributed by atoms with E-state index in [4.69, 9.17) is 10.1 Å². The highest BCUT2D eigenvalue weighted by molar-refractivity contribution is 5.80. The fraction of sp³-hybridized carbons (Fsp3) is 0.909. The van der Waals surface area contributed by atoms with Gasteiger partial charge in [-0.1, -0.05) is 13.8 Å². The van der Waals surface area contributed by atoms with E-state index in [0.29, 0.717) is 11.8 Å². The maximum Gasteiger partial charge on any atom is 0.0982 e. The fourth-order valence-corrected chi connectivity index (χ4v) is 1.30. The molecule has 0 atom stereocenters. The van der Waals surface area contributed by atoms with Crippen LogP contribution in [-0.4, -0.2) is 37.5 Å². The van der Waals surface area contributed by atoms with Gasteiger partial charge in [0.2, 0.25) is 0 Å². The van der Waals surface area contributed by atoms with Crippen LogP contribution in [0.5, 0.6) is 0 Å². The van der Waals surface area contributed by atoms with Gasteiger partial charge in [-0.05, 0) is 18.8 Å². The van der Waals surface area contributed by atoms with Crippen molar-refractivity contribution in [3.63, 3.8) is 0 Å². The summed E-state index contributed by atoms with van der Waals surface area (Å²) in [6.07, 6.45) is 2.69. The molecule has 1 rings (SSSR count). The highest BCUT2D eigenvalue weighted by atomic mass is 16.5. The summed E-state index contributed by atoms with van der Waals surface area (Å²) >= 11 is 0. The molecule has 82 valence electrons. The summed E-state index contributed by atoms with van der Waals surface area (Å²) in [5.74, 6) is 1.84. The third-order valence-corrected chi connectivity index (χ3v) is 2.58. The van der Waals surface area contributed by atoms with Crippen LogP contribution >= 0.6 is 0 Å². The number of hydrogen-bond acceptors (Lipinski definition) is 2. The topological polar surface area (TPSA) is 36.3 Å². The first kappa shape index (κ1) is 11.5. The highest BCUT2D eigenvalue weighted by Gasteiger charge is 2.21. The predicted molar refractivity (Wildman–Crippen MR) is 58.7 cm³/mol. The Morgan fingerprint density at radius 1 is 1.50 bits per heavy atom. The molecule has 0 aliphatic heterocycles. The summed E-state index contributed by atoms with van der Waals surface area (Å²) in [6.45, 7) is 6.60. The van der Waals surface area contributed by atoms with Gasteiger partial charge in [-0.15, -0.1) is 0 Å². The van der Waals surface area contributed by atoms with Gasteiger partial charge in [-0.25, -0.2) is 0 Å². The van der Waals surface area contributed by atoms with Crippen molar-refractivity contribution in [3.8, 4) is 0 Å². The molecule has 0 radical (unpaired) electrons. The normalized spacial score (nSPS) is 16.0. The summed E-state index contributed by atoms with van der Waals surface area (Å²) < 4.78 is 5.52. The monoisotopic (exact) mass is 198 g/mol. The van der Waals surface area contributed by atoms with E-state index >= 15 is 0 Å². The number of likely N-dealkylation sites (N-methyl/N-ethyl adjacent to an activating group) is 1. The zero-order valence-electron chi connectivity index (χ0n) is 9.55. The number of amidine groups is 1. The first-order valence-electron chi connectivity index (χ1n) is 5.48. The van der Waals surface area contributed by atoms with Crippen LogP contribution < -0.4 is 0 Å². The number of hydrogen-bond donors (Lipinski definition) is 1. The summed E-state index contributed by atoms with van der Waals surface area (Å²) in [4.78, 5) is 1.97. The Kier molecular flexibility index (Phi) is 4.39. The molecule has 0 aromatic carbocycles. The van der Waals surface area contributed by atoms with Gasteiger partial charge in [-0.2, -0.15) is 0 Å². The van der Waals surface area contributed by atoms with E-state index in [0.717, 1.165) is 25.7 Å². The second-order valence-electron chi connectivity index (χ2n) is 4.48. The minimum Gasteiger partial charge on any atom is -0.379 e. The van der Waals surface area contributed by atoms with Crippen LogP contribution in [-0.2, 0) is 4.74 Å². The number of nitrogens with one attached hydrogen (secondary N) is 1. The van der Waals surface area contributed by atoms with E-state index in [9.17, 15) is 0 Å². The lowest BCUT2D eigenvalue weighted by molar-refractivity contribution is 0.115. The zero-order valence-corrected chi connectivity index (χ0v) is 9.55. The van der Waals surface area contributed by atoms with Crippen LogP contribution in [0.4, 0.5) is 0 Å². The van der Waals surface area contributed by atoms with Crippen molar-refractivity contribution < 1.29 is 4.74 Å². The molecule has 0 amide bonds. The summed E-state index contributed by atoms with van der Waals surface area (Å²) in [6, 6.07) is 0. The standard InChI is InChI=1S/C11H22N2O/c1-9(2)11(12)13(3)6-7-14-8-10-4-5-10/h9-10,12H,4-8H2,1-3H3. The van der Waals surface area contributed by atoms with E-state index in [-0.39, 0.29) is 0 Å². The maximum absolute atomic E-state index is 7.75. The summed E-state index contributed by atoms with van der Waals surface area (Å²) in [5, 5.41) is 7.75. The molecule has 0 bridgehead atoms. The van der Waals surface area contributed by atoms with E-state index in [1.807, 2.05) is 25.8 Å². The van der Waals surface area contributed by atoms with E-state index in [1.165, 1.54) is 12.8 Å². The quantitative estimate of drug-likeness (QED) is 0.402. The molecule has 1 fully saturated rings. The molecule has 0 spiro atoms. The van der Waals surface area contributed by atoms with Gasteiger partial charge in [0.1, 0.15) is 0 Å². The van der Waals surface area contributed by atoms with Crippen molar-refractivity contribution in [1.29, 1.82) is 5.41 Å². The second kappa shape index (κ2) is 5.35. The Balaban J connectivity index is 2.01. The van der Waals surface area contributed by atoms with E-state index in [1.54, 1.807) is 0 Å². The molecular formula is C11H22N2O. The molecule has 0 aromatic rings. The highest BCUT2D eigenvalue weighted by Crippen LogP contribution is 2.28. The molecule has 1 N–H and O–H groups in total. The van der Waals surface area contributed by atoms with Crippen molar-refractivity contribution in [3.05, 3.63) is 0 Å². The lowest BCUT2D eigenvalue weighted by Gasteiger charge is -2.22. The summed E-state index contributed by atoms with van der Waals surface area (Å²) in [5.41, 5.74) is 0. The van der Waals surface area contributed by atoms with Gasteiger partial charge in [-0.3, -0.25) is 5.41 Å². The van der Waals surface area contributed by atoms with Crippen molar-refractivity contribution >= 4 is 5.84 Å². The molecule has 1 aliphatic rings. The van der Waals surface area contributed by atoms with Crippen molar-refractivity contribution in [2.45, 2.75) is 26.7 Å². The van der Waals surface area contributed by atoms with Gasteiger partial charge in [0.15, 0.2) is 0 Å². The average molecular weight is 198 g/mol. The van der Waals surface area contributed by atoms with Crippen LogP contribution in [0.15, 0.2) is 0 Å². The second-order valence-corrected chi connectivity index (χ2v) is 4.48. The van der Waals surface area contributed by atoms with Gasteiger partial charge >= 0.3 is 0 Å². The molecule has 3 heteroatoms. The van der Waals surface area contributed by atoms with Crippen LogP contribution in [0.2, 0.25) is 0 Å². The third-order valence-electron chi connectivity index (χ3n) is 2.58. The van der Waals surface area contributed by atoms with Crippen molar-refractivity contribution in [2.75, 3.05) is 26.8 Å². The van der Waals surface area contributed by atoms with Crippen LogP contribution in [0.1, 0.15) is 26.7 Å². The molecule has 3 nitrogen and oxygen atoms in total. The molecule has 0 heterocycles. The summed E-state index contributed by atoms with van der Waals surface area (Å²) in [7, 11) is 1.96. The van der Waals surface area contributed by atoms with E-state index in [2.05, 4.69) is 0 Å². The fourth-order valence-electron chi connectivity index (χ4n) is 1.30.